The summed E-state index contributed by atoms with van der Waals surface area (Å²) in [6.07, 6.45) is 0. The Labute approximate surface area is 24.6 Å². The molecule has 0 bridgehead atoms. The molecule has 0 aromatic heterocycles. The molecule has 0 saturated heterocycles. The molecular formula is C2H6FO. The van der Waals surface area contributed by atoms with Crippen molar-refractivity contribution >= 4 is 0 Å². The predicted octanol–water partition coefficient (Wildman–Crippen LogP) is 0.589. The Morgan fingerprint density at radius 2 is 1.75 bits per heavy atom. The molecule has 1 radical (unpaired) electrons. The van der Waals surface area contributed by atoms with E-state index in [0.29, 0.717) is 0 Å². The van der Waals surface area contributed by atoms with Gasteiger partial charge in [-0.2, -0.15) is 0 Å². The molecule has 1 nitrogen and oxygen atoms in total. The number of hydrogen-bond acceptors (Lipinski definition) is 0. The van der Waals surface area contributed by atoms with Gasteiger partial charge in [0.15, 0.2) is 0 Å². The van der Waals surface area contributed by atoms with E-state index in [2.05, 4.69) is 0 Å². The van der Waals surface area contributed by atoms with E-state index in [4.69, 9.17) is 5.11 Å². The van der Waals surface area contributed by atoms with Gasteiger partial charge in [0.2, 0.25) is 0 Å². The van der Waals surface area contributed by atoms with Crippen molar-refractivity contribution in [3.8, 4) is 0 Å². The fraction of sp³-hybridized carbons (Fsp3) is 1.00. The lowest BCUT2D eigenvalue weighted by atomic mass is 10.9. The molecule has 4 heavy (non-hydrogen) atoms. The summed E-state index contributed by atoms with van der Waals surface area (Å²) in [6.45, 7) is 1.57. The standard InChI is InChI=1S/C2H5O.FH/c1-2-3;/h2H2,1H3;1H. The van der Waals surface area contributed by atoms with E-state index >= 15 is 0 Å². The summed E-state index contributed by atoms with van der Waals surface area (Å²) >= 11 is 0. The molecule has 0 spiro atoms. The van der Waals surface area contributed by atoms with E-state index in [1.807, 2.05) is 0 Å². The molecule has 0 aromatic rings. The molecule has 0 rings (SSSR count). The minimum atomic E-state index is 0. The highest BCUT2D eigenvalue weighted by molar-refractivity contribution is 3.83. The van der Waals surface area contributed by atoms with Crippen molar-refractivity contribution in [2.45, 2.75) is 6.92 Å². The minimum absolute atomic E-state index is 0. The van der Waals surface area contributed by atoms with Gasteiger partial charge in [-0.05, 0) is 6.92 Å². The van der Waals surface area contributed by atoms with E-state index in [9.17, 15) is 0 Å². The van der Waals surface area contributed by atoms with Gasteiger partial charge in [-0.1, -0.05) is 0 Å². The highest BCUT2D eigenvalue weighted by atomic mass is 19.0. The van der Waals surface area contributed by atoms with Crippen molar-refractivity contribution in [1.29, 1.82) is 0 Å². The smallest absolute Gasteiger partial charge is 0.0794 e. The molecule has 0 N–H and O–H groups in total. The topological polar surface area (TPSA) is 19.9 Å². The normalized spacial score (nSPS) is 4.50. The van der Waals surface area contributed by atoms with E-state index in [-0.39, 0.29) is 11.3 Å². The van der Waals surface area contributed by atoms with Crippen LogP contribution in [0.4, 0.5) is 4.70 Å². The Morgan fingerprint density at radius 3 is 1.75 bits per heavy atom. The average molecular weight is 65.1 g/mol. The van der Waals surface area contributed by atoms with Crippen LogP contribution in [-0.4, -0.2) is 6.61 Å². The second kappa shape index (κ2) is 13.0. The zero-order valence-corrected chi connectivity index (χ0v) is 2.52. The summed E-state index contributed by atoms with van der Waals surface area (Å²) in [5, 5.41) is 8.93. The fourth-order valence-corrected chi connectivity index (χ4v) is 0. The Kier molecular flexibility index (Phi) is 29.6. The third-order valence-electron chi connectivity index (χ3n) is 0. The second-order valence-electron chi connectivity index (χ2n) is 0.289. The summed E-state index contributed by atoms with van der Waals surface area (Å²) < 4.78 is 0. The van der Waals surface area contributed by atoms with Crippen molar-refractivity contribution in [2.75, 3.05) is 6.61 Å². The summed E-state index contributed by atoms with van der Waals surface area (Å²) in [4.78, 5) is 0. The molecule has 0 saturated carbocycles. The summed E-state index contributed by atoms with van der Waals surface area (Å²) in [7, 11) is 0. The monoisotopic (exact) mass is 65.0 g/mol. The first-order chi connectivity index (χ1) is 1.41. The average Bonchev–Trinajstić information content (AvgIpc) is 0.918. The van der Waals surface area contributed by atoms with Crippen molar-refractivity contribution in [3.63, 3.8) is 0 Å². The first-order valence-electron chi connectivity index (χ1n) is 0.996. The predicted molar refractivity (Wildman–Crippen MR) is 13.7 cm³/mol. The van der Waals surface area contributed by atoms with Crippen LogP contribution in [0, 0.1) is 0 Å². The maximum absolute atomic E-state index is 8.93. The zero-order valence-electron chi connectivity index (χ0n) is 2.52. The maximum atomic E-state index is 8.93. The molecule has 2 heteroatoms. The summed E-state index contributed by atoms with van der Waals surface area (Å²) in [5.74, 6) is 0. The van der Waals surface area contributed by atoms with Crippen LogP contribution in [0.1, 0.15) is 6.92 Å². The van der Waals surface area contributed by atoms with Gasteiger partial charge < -0.3 is 0 Å². The quantitative estimate of drug-likeness (QED) is 0.393. The van der Waals surface area contributed by atoms with E-state index in [1.165, 1.54) is 0 Å². The highest BCUT2D eigenvalue weighted by Gasteiger charge is 1.39. The van der Waals surface area contributed by atoms with Crippen LogP contribution in [0.15, 0.2) is 0 Å². The maximum Gasteiger partial charge on any atom is 0.0794 e. The Hall–Kier alpha value is -0.110. The molecule has 0 fully saturated rings. The van der Waals surface area contributed by atoms with Crippen LogP contribution in [0.2, 0.25) is 0 Å². The lowest BCUT2D eigenvalue weighted by molar-refractivity contribution is 0.212. The third-order valence-corrected chi connectivity index (χ3v) is 0. The lowest BCUT2D eigenvalue weighted by Gasteiger charge is -1.45. The van der Waals surface area contributed by atoms with Crippen molar-refractivity contribution in [1.82, 2.24) is 0 Å². The van der Waals surface area contributed by atoms with Gasteiger partial charge in [-0.3, -0.25) is 4.70 Å². The Morgan fingerprint density at radius 1 is 1.75 bits per heavy atom. The Bertz CT molecular complexity index is 6.00. The summed E-state index contributed by atoms with van der Waals surface area (Å²) in [5.41, 5.74) is 0. The van der Waals surface area contributed by atoms with Crippen LogP contribution in [0.3, 0.4) is 0 Å². The highest BCUT2D eigenvalue weighted by Crippen LogP contribution is 1.33. The van der Waals surface area contributed by atoms with Crippen LogP contribution >= 0.6 is 0 Å². The summed E-state index contributed by atoms with van der Waals surface area (Å²) in [6, 6.07) is 0. The largest absolute Gasteiger partial charge is 0.269 e. The Balaban J connectivity index is 0. The molecule has 0 heterocycles. The minimum Gasteiger partial charge on any atom is -0.269 e. The van der Waals surface area contributed by atoms with Gasteiger partial charge in [0.1, 0.15) is 0 Å². The van der Waals surface area contributed by atoms with Crippen molar-refractivity contribution in [2.24, 2.45) is 0 Å². The third kappa shape index (κ3) is 124. The van der Waals surface area contributed by atoms with E-state index in [0.717, 1.165) is 0 Å². The molecule has 27 valence electrons. The van der Waals surface area contributed by atoms with Gasteiger partial charge in [-0.25, -0.2) is 5.11 Å². The van der Waals surface area contributed by atoms with Gasteiger partial charge in [0, 0.05) is 0 Å². The van der Waals surface area contributed by atoms with Crippen molar-refractivity contribution in [3.05, 3.63) is 0 Å². The van der Waals surface area contributed by atoms with Crippen LogP contribution in [-0.2, 0) is 5.11 Å². The van der Waals surface area contributed by atoms with Gasteiger partial charge in [0.05, 0.1) is 6.61 Å². The van der Waals surface area contributed by atoms with Crippen LogP contribution in [0.25, 0.3) is 0 Å². The van der Waals surface area contributed by atoms with Crippen LogP contribution < -0.4 is 0 Å². The van der Waals surface area contributed by atoms with E-state index < -0.39 is 0 Å². The van der Waals surface area contributed by atoms with Gasteiger partial charge in [0.25, 0.3) is 0 Å². The molecule has 0 atom stereocenters. The molecular weight excluding hydrogens is 59.0 g/mol. The van der Waals surface area contributed by atoms with Gasteiger partial charge in [-0.15, -0.1) is 0 Å². The second-order valence-corrected chi connectivity index (χ2v) is 0.289. The molecule has 0 unspecified atom stereocenters. The molecule has 0 amide bonds. The van der Waals surface area contributed by atoms with Gasteiger partial charge >= 0.3 is 0 Å². The number of hydrogen-bond donors (Lipinski definition) is 0. The first kappa shape index (κ1) is 9.10. The van der Waals surface area contributed by atoms with Crippen molar-refractivity contribution < 1.29 is 9.81 Å². The van der Waals surface area contributed by atoms with Crippen LogP contribution in [0.5, 0.6) is 0 Å². The molecule has 0 aromatic carbocycles. The molecule has 0 aliphatic heterocycles. The zero-order chi connectivity index (χ0) is 2.71. The van der Waals surface area contributed by atoms with E-state index in [1.54, 1.807) is 6.92 Å². The first-order valence-corrected chi connectivity index (χ1v) is 0.996. The SMILES string of the molecule is CC[O].F. The molecule has 0 aliphatic rings. The number of rotatable bonds is 0. The lowest BCUT2D eigenvalue weighted by Crippen LogP contribution is -1.52. The fourth-order valence-electron chi connectivity index (χ4n) is 0. The number of halogens is 1. The molecule has 0 aliphatic carbocycles.